The average Bonchev–Trinajstić information content (AvgIpc) is 2.76. The molecule has 108 valence electrons. The van der Waals surface area contributed by atoms with Crippen molar-refractivity contribution in [3.05, 3.63) is 68.7 Å². The quantitative estimate of drug-likeness (QED) is 0.622. The first-order chi connectivity index (χ1) is 9.97. The zero-order chi connectivity index (χ0) is 15.1. The largest absolute Gasteiger partial charge is 0.419 e. The van der Waals surface area contributed by atoms with Crippen molar-refractivity contribution in [1.82, 2.24) is 4.57 Å². The summed E-state index contributed by atoms with van der Waals surface area (Å²) in [6.07, 6.45) is 0. The van der Waals surface area contributed by atoms with Crippen LogP contribution in [0.15, 0.2) is 45.6 Å². The molecule has 0 saturated heterocycles. The van der Waals surface area contributed by atoms with Crippen molar-refractivity contribution in [3.63, 3.8) is 0 Å². The first-order valence-electron chi connectivity index (χ1n) is 6.47. The summed E-state index contributed by atoms with van der Waals surface area (Å²) in [5, 5.41) is 0.740. The van der Waals surface area contributed by atoms with E-state index in [4.69, 9.17) is 16.0 Å². The Morgan fingerprint density at radius 2 is 1.86 bits per heavy atom. The van der Waals surface area contributed by atoms with Crippen molar-refractivity contribution < 1.29 is 4.42 Å². The summed E-state index contributed by atoms with van der Waals surface area (Å²) in [5.74, 6) is -0.355. The van der Waals surface area contributed by atoms with Crippen LogP contribution in [0.4, 0.5) is 0 Å². The highest BCUT2D eigenvalue weighted by atomic mass is 79.9. The summed E-state index contributed by atoms with van der Waals surface area (Å²) in [6.45, 7) is 1.97. The van der Waals surface area contributed by atoms with Gasteiger partial charge in [-0.25, -0.2) is 4.79 Å². The molecule has 1 unspecified atom stereocenters. The number of nitrogens with zero attached hydrogens (tertiary/aromatic N) is 1. The topological polar surface area (TPSA) is 35.1 Å². The first-order valence-corrected chi connectivity index (χ1v) is 7.76. The summed E-state index contributed by atoms with van der Waals surface area (Å²) in [4.78, 5) is 11.5. The number of benzene rings is 2. The highest BCUT2D eigenvalue weighted by Gasteiger charge is 2.14. The van der Waals surface area contributed by atoms with Crippen LogP contribution >= 0.6 is 27.5 Å². The van der Waals surface area contributed by atoms with E-state index in [1.54, 1.807) is 7.05 Å². The number of aryl methyl sites for hydroxylation is 2. The van der Waals surface area contributed by atoms with Gasteiger partial charge in [-0.15, -0.1) is 0 Å². The van der Waals surface area contributed by atoms with Gasteiger partial charge in [-0.2, -0.15) is 0 Å². The van der Waals surface area contributed by atoms with Crippen molar-refractivity contribution in [3.8, 4) is 0 Å². The predicted molar refractivity (Wildman–Crippen MR) is 88.4 cm³/mol. The molecule has 0 amide bonds. The monoisotopic (exact) mass is 365 g/mol. The fraction of sp³-hybridized carbons (Fsp3) is 0.188. The van der Waals surface area contributed by atoms with Crippen LogP contribution < -0.4 is 5.76 Å². The van der Waals surface area contributed by atoms with Gasteiger partial charge in [0.1, 0.15) is 0 Å². The molecule has 0 radical (unpaired) electrons. The molecular weight excluding hydrogens is 354 g/mol. The van der Waals surface area contributed by atoms with Crippen LogP contribution in [0.3, 0.4) is 0 Å². The van der Waals surface area contributed by atoms with Crippen LogP contribution in [0.2, 0.25) is 5.02 Å². The molecule has 0 N–H and O–H groups in total. The van der Waals surface area contributed by atoms with Gasteiger partial charge in [0.15, 0.2) is 5.58 Å². The van der Waals surface area contributed by atoms with E-state index in [0.29, 0.717) is 5.58 Å². The van der Waals surface area contributed by atoms with Crippen molar-refractivity contribution in [2.24, 2.45) is 7.05 Å². The van der Waals surface area contributed by atoms with Gasteiger partial charge in [0.25, 0.3) is 0 Å². The lowest BCUT2D eigenvalue weighted by Gasteiger charge is -2.12. The number of fused-ring (bicyclic) bond motifs is 1. The summed E-state index contributed by atoms with van der Waals surface area (Å²) < 4.78 is 6.72. The highest BCUT2D eigenvalue weighted by Crippen LogP contribution is 2.34. The number of oxazole rings is 1. The SMILES string of the molecule is Cc1ccc(C(Br)c2ccc3c(c2)oc(=O)n3C)cc1Cl. The Hall–Kier alpha value is -1.52. The average molecular weight is 367 g/mol. The first kappa shape index (κ1) is 14.4. The van der Waals surface area contributed by atoms with Crippen LogP contribution in [0.1, 0.15) is 21.5 Å². The van der Waals surface area contributed by atoms with Crippen molar-refractivity contribution in [2.75, 3.05) is 0 Å². The minimum absolute atomic E-state index is 0.00879. The Kier molecular flexibility index (Phi) is 3.68. The minimum atomic E-state index is -0.355. The van der Waals surface area contributed by atoms with E-state index in [1.807, 2.05) is 43.3 Å². The summed E-state index contributed by atoms with van der Waals surface area (Å²) in [5.41, 5.74) is 4.48. The third kappa shape index (κ3) is 2.54. The molecule has 2 aromatic carbocycles. The predicted octanol–water partition coefficient (Wildman–Crippen LogP) is 4.58. The van der Waals surface area contributed by atoms with E-state index >= 15 is 0 Å². The zero-order valence-electron chi connectivity index (χ0n) is 11.6. The van der Waals surface area contributed by atoms with Gasteiger partial charge in [0.2, 0.25) is 0 Å². The van der Waals surface area contributed by atoms with Crippen molar-refractivity contribution >= 4 is 38.6 Å². The normalized spacial score (nSPS) is 12.8. The van der Waals surface area contributed by atoms with Crippen LogP contribution in [0.5, 0.6) is 0 Å². The van der Waals surface area contributed by atoms with E-state index in [1.165, 1.54) is 4.57 Å². The van der Waals surface area contributed by atoms with Crippen LogP contribution in [-0.2, 0) is 7.05 Å². The maximum Gasteiger partial charge on any atom is 0.419 e. The number of alkyl halides is 1. The molecule has 0 bridgehead atoms. The van der Waals surface area contributed by atoms with Gasteiger partial charge in [-0.05, 0) is 41.8 Å². The number of rotatable bonds is 2. The molecule has 0 spiro atoms. The fourth-order valence-electron chi connectivity index (χ4n) is 2.27. The smallest absolute Gasteiger partial charge is 0.408 e. The van der Waals surface area contributed by atoms with Crippen LogP contribution in [0.25, 0.3) is 11.1 Å². The number of halogens is 2. The molecule has 0 fully saturated rings. The molecule has 1 atom stereocenters. The summed E-state index contributed by atoms with van der Waals surface area (Å²) >= 11 is 9.86. The molecule has 0 aliphatic rings. The third-order valence-corrected chi connectivity index (χ3v) is 5.06. The maximum atomic E-state index is 11.5. The molecule has 0 aliphatic heterocycles. The summed E-state index contributed by atoms with van der Waals surface area (Å²) in [7, 11) is 1.69. The number of aromatic nitrogens is 1. The second-order valence-corrected chi connectivity index (χ2v) is 6.35. The molecule has 1 heterocycles. The Bertz CT molecular complexity index is 882. The van der Waals surface area contributed by atoms with Gasteiger partial charge in [0, 0.05) is 12.1 Å². The van der Waals surface area contributed by atoms with E-state index in [0.717, 1.165) is 27.2 Å². The van der Waals surface area contributed by atoms with Crippen molar-refractivity contribution in [1.29, 1.82) is 0 Å². The van der Waals surface area contributed by atoms with Gasteiger partial charge in [0.05, 0.1) is 10.3 Å². The molecule has 3 rings (SSSR count). The van der Waals surface area contributed by atoms with Gasteiger partial charge in [-0.1, -0.05) is 45.7 Å². The molecule has 1 aromatic heterocycles. The lowest BCUT2D eigenvalue weighted by Crippen LogP contribution is -2.08. The molecule has 0 saturated carbocycles. The lowest BCUT2D eigenvalue weighted by atomic mass is 10.0. The second-order valence-electron chi connectivity index (χ2n) is 5.03. The highest BCUT2D eigenvalue weighted by molar-refractivity contribution is 9.09. The standard InChI is InChI=1S/C16H13BrClNO2/c1-9-3-4-10(7-12(9)18)15(17)11-5-6-13-14(8-11)21-16(20)19(13)2/h3-8,15H,1-2H3. The molecule has 3 aromatic rings. The molecule has 0 aliphatic carbocycles. The Labute approximate surface area is 135 Å². The second kappa shape index (κ2) is 5.35. The van der Waals surface area contributed by atoms with E-state index in [2.05, 4.69) is 15.9 Å². The lowest BCUT2D eigenvalue weighted by molar-refractivity contribution is 0.528. The molecule has 3 nitrogen and oxygen atoms in total. The Morgan fingerprint density at radius 1 is 1.19 bits per heavy atom. The molecule has 21 heavy (non-hydrogen) atoms. The number of hydrogen-bond acceptors (Lipinski definition) is 2. The third-order valence-electron chi connectivity index (χ3n) is 3.60. The van der Waals surface area contributed by atoms with Gasteiger partial charge in [-0.3, -0.25) is 4.57 Å². The zero-order valence-corrected chi connectivity index (χ0v) is 13.9. The van der Waals surface area contributed by atoms with E-state index < -0.39 is 0 Å². The molecular formula is C16H13BrClNO2. The van der Waals surface area contributed by atoms with Crippen LogP contribution in [0, 0.1) is 6.92 Å². The van der Waals surface area contributed by atoms with Crippen LogP contribution in [-0.4, -0.2) is 4.57 Å². The molecule has 5 heteroatoms. The van der Waals surface area contributed by atoms with Crippen molar-refractivity contribution in [2.45, 2.75) is 11.8 Å². The Balaban J connectivity index is 2.06. The van der Waals surface area contributed by atoms with E-state index in [9.17, 15) is 4.79 Å². The number of hydrogen-bond donors (Lipinski definition) is 0. The minimum Gasteiger partial charge on any atom is -0.408 e. The van der Waals surface area contributed by atoms with Gasteiger partial charge < -0.3 is 4.42 Å². The maximum absolute atomic E-state index is 11.5. The van der Waals surface area contributed by atoms with Gasteiger partial charge >= 0.3 is 5.76 Å². The Morgan fingerprint density at radius 3 is 2.57 bits per heavy atom. The van der Waals surface area contributed by atoms with E-state index in [-0.39, 0.29) is 10.6 Å². The summed E-state index contributed by atoms with van der Waals surface area (Å²) in [6, 6.07) is 11.7. The fourth-order valence-corrected chi connectivity index (χ4v) is 3.03.